The van der Waals surface area contributed by atoms with Gasteiger partial charge in [-0.3, -0.25) is 0 Å². The largest absolute Gasteiger partial charge is 0.438 e. The maximum Gasteiger partial charge on any atom is 0.226 e. The van der Waals surface area contributed by atoms with E-state index >= 15 is 0 Å². The van der Waals surface area contributed by atoms with Gasteiger partial charge in [-0.15, -0.1) is 0 Å². The van der Waals surface area contributed by atoms with Crippen LogP contribution in [0.25, 0.3) is 0 Å². The number of anilines is 2. The van der Waals surface area contributed by atoms with Crippen LogP contribution in [0.5, 0.6) is 11.6 Å². The molecule has 0 atom stereocenters. The Morgan fingerprint density at radius 2 is 2.06 bits per heavy atom. The summed E-state index contributed by atoms with van der Waals surface area (Å²) in [6.45, 7) is 1.90. The summed E-state index contributed by atoms with van der Waals surface area (Å²) >= 11 is 5.90. The third kappa shape index (κ3) is 2.79. The molecule has 94 valence electrons. The molecule has 5 N–H and O–H groups in total. The van der Waals surface area contributed by atoms with Crippen molar-refractivity contribution >= 4 is 23.4 Å². The van der Waals surface area contributed by atoms with E-state index < -0.39 is 0 Å². The van der Waals surface area contributed by atoms with Crippen molar-refractivity contribution in [3.63, 3.8) is 0 Å². The van der Waals surface area contributed by atoms with Crippen molar-refractivity contribution in [1.29, 1.82) is 0 Å². The third-order valence-corrected chi connectivity index (χ3v) is 2.47. The molecule has 2 rings (SSSR count). The second-order valence-corrected chi connectivity index (χ2v) is 4.04. The van der Waals surface area contributed by atoms with Crippen LogP contribution in [0.4, 0.5) is 11.8 Å². The number of aryl methyl sites for hydroxylation is 1. The quantitative estimate of drug-likeness (QED) is 0.581. The van der Waals surface area contributed by atoms with Gasteiger partial charge in [0.2, 0.25) is 11.8 Å². The molecule has 2 aromatic rings. The molecule has 0 unspecified atom stereocenters. The number of halogens is 1. The highest BCUT2D eigenvalue weighted by Crippen LogP contribution is 2.27. The van der Waals surface area contributed by atoms with Crippen LogP contribution in [0.15, 0.2) is 24.3 Å². The van der Waals surface area contributed by atoms with Crippen molar-refractivity contribution in [2.45, 2.75) is 6.92 Å². The number of aromatic nitrogens is 2. The highest BCUT2D eigenvalue weighted by atomic mass is 35.5. The van der Waals surface area contributed by atoms with E-state index in [2.05, 4.69) is 15.4 Å². The van der Waals surface area contributed by atoms with Crippen LogP contribution in [0.1, 0.15) is 5.56 Å². The van der Waals surface area contributed by atoms with Gasteiger partial charge in [0.15, 0.2) is 0 Å². The molecule has 18 heavy (non-hydrogen) atoms. The zero-order valence-corrected chi connectivity index (χ0v) is 10.4. The molecule has 1 aromatic heterocycles. The fourth-order valence-corrected chi connectivity index (χ4v) is 1.53. The second kappa shape index (κ2) is 5.07. The van der Waals surface area contributed by atoms with Gasteiger partial charge in [-0.05, 0) is 24.6 Å². The number of hydrazine groups is 1. The first-order valence-corrected chi connectivity index (χ1v) is 5.51. The monoisotopic (exact) mass is 265 g/mol. The van der Waals surface area contributed by atoms with Crippen LogP contribution < -0.4 is 21.7 Å². The SMILES string of the molecule is Cc1ccc(Cl)cc1Oc1cc(NN)nc(N)n1. The first-order valence-electron chi connectivity index (χ1n) is 5.13. The molecule has 0 saturated carbocycles. The van der Waals surface area contributed by atoms with Crippen LogP contribution in [-0.2, 0) is 0 Å². The van der Waals surface area contributed by atoms with Crippen LogP contribution in [-0.4, -0.2) is 9.97 Å². The fourth-order valence-electron chi connectivity index (χ4n) is 1.37. The maximum atomic E-state index is 5.90. The molecule has 0 spiro atoms. The summed E-state index contributed by atoms with van der Waals surface area (Å²) < 4.78 is 5.60. The lowest BCUT2D eigenvalue weighted by Gasteiger charge is -2.09. The van der Waals surface area contributed by atoms with Gasteiger partial charge >= 0.3 is 0 Å². The van der Waals surface area contributed by atoms with Gasteiger partial charge in [0, 0.05) is 11.1 Å². The molecule has 0 saturated heterocycles. The number of nitrogen functional groups attached to an aromatic ring is 2. The van der Waals surface area contributed by atoms with E-state index in [9.17, 15) is 0 Å². The summed E-state index contributed by atoms with van der Waals surface area (Å²) in [5.41, 5.74) is 8.85. The fraction of sp³-hybridized carbons (Fsp3) is 0.0909. The number of ether oxygens (including phenoxy) is 1. The van der Waals surface area contributed by atoms with E-state index in [-0.39, 0.29) is 5.95 Å². The Bertz CT molecular complexity index is 575. The Labute approximate surface area is 109 Å². The van der Waals surface area contributed by atoms with Gasteiger partial charge in [-0.2, -0.15) is 9.97 Å². The molecule has 0 radical (unpaired) electrons. The molecule has 6 nitrogen and oxygen atoms in total. The number of hydrogen-bond acceptors (Lipinski definition) is 6. The summed E-state index contributed by atoms with van der Waals surface area (Å²) in [6, 6.07) is 6.87. The molecule has 1 heterocycles. The molecule has 1 aromatic carbocycles. The van der Waals surface area contributed by atoms with Crippen molar-refractivity contribution in [2.24, 2.45) is 5.84 Å². The zero-order chi connectivity index (χ0) is 13.1. The minimum Gasteiger partial charge on any atom is -0.438 e. The number of nitrogens with zero attached hydrogens (tertiary/aromatic N) is 2. The second-order valence-electron chi connectivity index (χ2n) is 3.61. The summed E-state index contributed by atoms with van der Waals surface area (Å²) in [5.74, 6) is 6.60. The van der Waals surface area contributed by atoms with E-state index in [4.69, 9.17) is 27.9 Å². The van der Waals surface area contributed by atoms with Gasteiger partial charge in [-0.25, -0.2) is 5.84 Å². The van der Waals surface area contributed by atoms with Gasteiger partial charge in [-0.1, -0.05) is 17.7 Å². The van der Waals surface area contributed by atoms with E-state index in [1.54, 1.807) is 12.1 Å². The Balaban J connectivity index is 2.33. The van der Waals surface area contributed by atoms with Crippen molar-refractivity contribution in [3.8, 4) is 11.6 Å². The first kappa shape index (κ1) is 12.4. The first-order chi connectivity index (χ1) is 8.58. The number of nitrogens with one attached hydrogen (secondary N) is 1. The lowest BCUT2D eigenvalue weighted by atomic mass is 10.2. The molecular weight excluding hydrogens is 254 g/mol. The molecule has 0 bridgehead atoms. The number of rotatable bonds is 3. The highest BCUT2D eigenvalue weighted by Gasteiger charge is 2.06. The predicted octanol–water partition coefficient (Wildman–Crippen LogP) is 2.10. The molecular formula is C11H12ClN5O. The lowest BCUT2D eigenvalue weighted by molar-refractivity contribution is 0.459. The average molecular weight is 266 g/mol. The molecule has 0 fully saturated rings. The van der Waals surface area contributed by atoms with Crippen molar-refractivity contribution in [1.82, 2.24) is 9.97 Å². The topological polar surface area (TPSA) is 99.1 Å². The Kier molecular flexibility index (Phi) is 3.50. The van der Waals surface area contributed by atoms with Crippen LogP contribution in [0.3, 0.4) is 0 Å². The van der Waals surface area contributed by atoms with E-state index in [1.807, 2.05) is 13.0 Å². The van der Waals surface area contributed by atoms with Crippen LogP contribution in [0.2, 0.25) is 5.02 Å². The van der Waals surface area contributed by atoms with Gasteiger partial charge in [0.05, 0.1) is 0 Å². The van der Waals surface area contributed by atoms with Crippen molar-refractivity contribution in [2.75, 3.05) is 11.2 Å². The van der Waals surface area contributed by atoms with Gasteiger partial charge in [0.25, 0.3) is 0 Å². The highest BCUT2D eigenvalue weighted by molar-refractivity contribution is 6.30. The van der Waals surface area contributed by atoms with E-state index in [0.717, 1.165) is 5.56 Å². The third-order valence-electron chi connectivity index (χ3n) is 2.23. The normalized spacial score (nSPS) is 10.2. The summed E-state index contributed by atoms with van der Waals surface area (Å²) in [6.07, 6.45) is 0. The Morgan fingerprint density at radius 3 is 2.78 bits per heavy atom. The Hall–Kier alpha value is -2.05. The van der Waals surface area contributed by atoms with E-state index in [1.165, 1.54) is 6.07 Å². The maximum absolute atomic E-state index is 5.90. The van der Waals surface area contributed by atoms with Crippen LogP contribution >= 0.6 is 11.6 Å². The van der Waals surface area contributed by atoms with E-state index in [0.29, 0.717) is 22.5 Å². The standard InChI is InChI=1S/C11H12ClN5O/c1-6-2-3-7(12)4-8(6)18-10-5-9(17-14)15-11(13)16-10/h2-5H,14H2,1H3,(H3,13,15,16,17). The summed E-state index contributed by atoms with van der Waals surface area (Å²) in [4.78, 5) is 7.81. The number of hydrogen-bond donors (Lipinski definition) is 3. The van der Waals surface area contributed by atoms with Gasteiger partial charge in [0.1, 0.15) is 11.6 Å². The molecule has 0 amide bonds. The van der Waals surface area contributed by atoms with Crippen molar-refractivity contribution < 1.29 is 4.74 Å². The minimum atomic E-state index is 0.0696. The summed E-state index contributed by atoms with van der Waals surface area (Å²) in [7, 11) is 0. The lowest BCUT2D eigenvalue weighted by Crippen LogP contribution is -2.10. The van der Waals surface area contributed by atoms with Crippen molar-refractivity contribution in [3.05, 3.63) is 34.9 Å². The smallest absolute Gasteiger partial charge is 0.226 e. The summed E-state index contributed by atoms with van der Waals surface area (Å²) in [5, 5.41) is 0.579. The number of nitrogens with two attached hydrogens (primary N) is 2. The Morgan fingerprint density at radius 1 is 1.28 bits per heavy atom. The van der Waals surface area contributed by atoms with Crippen LogP contribution in [0, 0.1) is 6.92 Å². The van der Waals surface area contributed by atoms with Gasteiger partial charge < -0.3 is 15.9 Å². The number of benzene rings is 1. The molecule has 0 aliphatic carbocycles. The molecule has 0 aliphatic rings. The zero-order valence-electron chi connectivity index (χ0n) is 9.64. The molecule has 0 aliphatic heterocycles. The average Bonchev–Trinajstić information content (AvgIpc) is 2.33. The predicted molar refractivity (Wildman–Crippen MR) is 70.5 cm³/mol. The molecule has 7 heteroatoms. The minimum absolute atomic E-state index is 0.0696.